The molecule has 0 aliphatic rings. The van der Waals surface area contributed by atoms with Crippen molar-refractivity contribution in [2.45, 2.75) is 19.6 Å². The van der Waals surface area contributed by atoms with Gasteiger partial charge < -0.3 is 14.2 Å². The Labute approximate surface area is 72.8 Å². The van der Waals surface area contributed by atoms with Gasteiger partial charge >= 0.3 is 5.97 Å². The highest BCUT2D eigenvalue weighted by molar-refractivity contribution is 5.69. The maximum absolute atomic E-state index is 10.7. The van der Waals surface area contributed by atoms with E-state index in [0.717, 1.165) is 0 Å². The van der Waals surface area contributed by atoms with Gasteiger partial charge in [-0.15, -0.1) is 0 Å². The molecule has 0 fully saturated rings. The molecule has 0 bridgehead atoms. The molecule has 12 heavy (non-hydrogen) atoms. The summed E-state index contributed by atoms with van der Waals surface area (Å²) in [7, 11) is 1.58. The van der Waals surface area contributed by atoms with E-state index in [4.69, 9.17) is 14.2 Å². The number of esters is 1. The molecule has 1 atom stereocenters. The Balaban J connectivity index is 3.32. The number of methoxy groups -OCH3 is 1. The largest absolute Gasteiger partial charge is 0.436 e. The Morgan fingerprint density at radius 1 is 1.50 bits per heavy atom. The van der Waals surface area contributed by atoms with Crippen molar-refractivity contribution in [3.8, 4) is 0 Å². The molecule has 0 spiro atoms. The fraction of sp³-hybridized carbons (Fsp3) is 0.750. The van der Waals surface area contributed by atoms with Crippen LogP contribution >= 0.6 is 0 Å². The number of ether oxygens (including phenoxy) is 3. The minimum atomic E-state index is -0.519. The second kappa shape index (κ2) is 7.06. The molecule has 1 unspecified atom stereocenters. The van der Waals surface area contributed by atoms with Crippen LogP contribution in [0.4, 0.5) is 0 Å². The van der Waals surface area contributed by atoms with E-state index < -0.39 is 6.29 Å². The lowest BCUT2D eigenvalue weighted by Gasteiger charge is -2.12. The van der Waals surface area contributed by atoms with Crippen molar-refractivity contribution in [2.24, 2.45) is 0 Å². The standard InChI is InChI=1S/C8H15O4/c1-4-8(9)12-7(2)11-6-5-10-3/h7H,1,4-6H2,2-3H3. The molecule has 0 saturated carbocycles. The van der Waals surface area contributed by atoms with Gasteiger partial charge in [0.1, 0.15) is 0 Å². The maximum atomic E-state index is 10.7. The SMILES string of the molecule is [CH2]CC(=O)OC(C)OCCOC. The van der Waals surface area contributed by atoms with Crippen LogP contribution in [0.1, 0.15) is 13.3 Å². The van der Waals surface area contributed by atoms with Crippen LogP contribution in [0, 0.1) is 6.92 Å². The molecule has 0 aliphatic carbocycles. The summed E-state index contributed by atoms with van der Waals surface area (Å²) in [6.07, 6.45) is -0.396. The Morgan fingerprint density at radius 2 is 2.17 bits per heavy atom. The molecular weight excluding hydrogens is 160 g/mol. The van der Waals surface area contributed by atoms with E-state index in [-0.39, 0.29) is 12.4 Å². The molecule has 0 aromatic carbocycles. The van der Waals surface area contributed by atoms with Crippen molar-refractivity contribution < 1.29 is 19.0 Å². The van der Waals surface area contributed by atoms with Crippen LogP contribution in [-0.4, -0.2) is 32.6 Å². The zero-order valence-corrected chi connectivity index (χ0v) is 7.54. The van der Waals surface area contributed by atoms with Crippen molar-refractivity contribution in [2.75, 3.05) is 20.3 Å². The topological polar surface area (TPSA) is 44.8 Å². The zero-order chi connectivity index (χ0) is 9.40. The van der Waals surface area contributed by atoms with Gasteiger partial charge in [-0.05, 0) is 13.8 Å². The molecule has 0 aliphatic heterocycles. The Morgan fingerprint density at radius 3 is 2.67 bits per heavy atom. The quantitative estimate of drug-likeness (QED) is 0.339. The highest BCUT2D eigenvalue weighted by Crippen LogP contribution is 1.95. The molecule has 0 rings (SSSR count). The van der Waals surface area contributed by atoms with Crippen LogP contribution < -0.4 is 0 Å². The average Bonchev–Trinajstić information content (AvgIpc) is 2.05. The van der Waals surface area contributed by atoms with Gasteiger partial charge in [0.15, 0.2) is 6.29 Å². The summed E-state index contributed by atoms with van der Waals surface area (Å²) >= 11 is 0. The molecular formula is C8H15O4. The van der Waals surface area contributed by atoms with Crippen molar-refractivity contribution in [1.82, 2.24) is 0 Å². The second-order valence-corrected chi connectivity index (χ2v) is 2.17. The van der Waals surface area contributed by atoms with Gasteiger partial charge in [0.05, 0.1) is 13.2 Å². The first-order chi connectivity index (χ1) is 5.70. The van der Waals surface area contributed by atoms with Crippen LogP contribution in [0.25, 0.3) is 0 Å². The summed E-state index contributed by atoms with van der Waals surface area (Å²) in [6.45, 7) is 5.95. The molecule has 0 saturated heterocycles. The highest BCUT2D eigenvalue weighted by atomic mass is 16.7. The Hall–Kier alpha value is -0.610. The maximum Gasteiger partial charge on any atom is 0.308 e. The predicted molar refractivity (Wildman–Crippen MR) is 43.4 cm³/mol. The van der Waals surface area contributed by atoms with E-state index >= 15 is 0 Å². The van der Waals surface area contributed by atoms with Crippen molar-refractivity contribution in [3.63, 3.8) is 0 Å². The fourth-order valence-electron chi connectivity index (χ4n) is 0.575. The van der Waals surface area contributed by atoms with Gasteiger partial charge in [0.2, 0.25) is 0 Å². The summed E-state index contributed by atoms with van der Waals surface area (Å²) < 4.78 is 14.6. The third-order valence-electron chi connectivity index (χ3n) is 1.14. The summed E-state index contributed by atoms with van der Waals surface area (Å²) in [5, 5.41) is 0. The monoisotopic (exact) mass is 175 g/mol. The minimum absolute atomic E-state index is 0.123. The van der Waals surface area contributed by atoms with Crippen molar-refractivity contribution in [1.29, 1.82) is 0 Å². The van der Waals surface area contributed by atoms with Crippen LogP contribution in [0.3, 0.4) is 0 Å². The number of carbonyl (C=O) groups is 1. The third-order valence-corrected chi connectivity index (χ3v) is 1.14. The Bertz CT molecular complexity index is 124. The lowest BCUT2D eigenvalue weighted by Crippen LogP contribution is -2.19. The van der Waals surface area contributed by atoms with Crippen LogP contribution in [0.5, 0.6) is 0 Å². The van der Waals surface area contributed by atoms with Crippen LogP contribution in [-0.2, 0) is 19.0 Å². The zero-order valence-electron chi connectivity index (χ0n) is 7.54. The highest BCUT2D eigenvalue weighted by Gasteiger charge is 2.06. The summed E-state index contributed by atoms with van der Waals surface area (Å²) in [5.74, 6) is -0.361. The number of rotatable bonds is 6. The summed E-state index contributed by atoms with van der Waals surface area (Å²) in [4.78, 5) is 10.7. The van der Waals surface area contributed by atoms with E-state index in [1.54, 1.807) is 14.0 Å². The molecule has 0 N–H and O–H groups in total. The van der Waals surface area contributed by atoms with E-state index in [9.17, 15) is 4.79 Å². The fourth-order valence-corrected chi connectivity index (χ4v) is 0.575. The van der Waals surface area contributed by atoms with E-state index in [1.165, 1.54) is 0 Å². The van der Waals surface area contributed by atoms with Crippen molar-refractivity contribution >= 4 is 5.97 Å². The third kappa shape index (κ3) is 6.12. The van der Waals surface area contributed by atoms with Gasteiger partial charge in [0.25, 0.3) is 0 Å². The van der Waals surface area contributed by atoms with Gasteiger partial charge in [-0.25, -0.2) is 0 Å². The second-order valence-electron chi connectivity index (χ2n) is 2.17. The van der Waals surface area contributed by atoms with E-state index in [2.05, 4.69) is 6.92 Å². The smallest absolute Gasteiger partial charge is 0.308 e. The first-order valence-corrected chi connectivity index (χ1v) is 3.80. The first-order valence-electron chi connectivity index (χ1n) is 3.80. The summed E-state index contributed by atoms with van der Waals surface area (Å²) in [6, 6.07) is 0. The van der Waals surface area contributed by atoms with Gasteiger partial charge in [-0.2, -0.15) is 0 Å². The van der Waals surface area contributed by atoms with Gasteiger partial charge in [-0.1, -0.05) is 0 Å². The average molecular weight is 175 g/mol. The number of hydrogen-bond donors (Lipinski definition) is 0. The number of hydrogen-bond acceptors (Lipinski definition) is 4. The molecule has 1 radical (unpaired) electrons. The number of carbonyl (C=O) groups excluding carboxylic acids is 1. The Kier molecular flexibility index (Phi) is 6.70. The van der Waals surface area contributed by atoms with Crippen LogP contribution in [0.2, 0.25) is 0 Å². The normalized spacial score (nSPS) is 12.6. The van der Waals surface area contributed by atoms with Crippen molar-refractivity contribution in [3.05, 3.63) is 6.92 Å². The molecule has 71 valence electrons. The lowest BCUT2D eigenvalue weighted by atomic mass is 10.5. The molecule has 4 nitrogen and oxygen atoms in total. The molecule has 4 heteroatoms. The minimum Gasteiger partial charge on any atom is -0.436 e. The van der Waals surface area contributed by atoms with Gasteiger partial charge in [0, 0.05) is 13.5 Å². The molecule has 0 heterocycles. The van der Waals surface area contributed by atoms with Crippen LogP contribution in [0.15, 0.2) is 0 Å². The first kappa shape index (κ1) is 11.4. The molecule has 0 aromatic rings. The van der Waals surface area contributed by atoms with Gasteiger partial charge in [-0.3, -0.25) is 4.79 Å². The van der Waals surface area contributed by atoms with E-state index in [0.29, 0.717) is 13.2 Å². The summed E-state index contributed by atoms with van der Waals surface area (Å²) in [5.41, 5.74) is 0. The van der Waals surface area contributed by atoms with E-state index in [1.807, 2.05) is 0 Å². The predicted octanol–water partition coefficient (Wildman–Crippen LogP) is 0.763. The molecule has 0 amide bonds. The molecule has 0 aromatic heterocycles. The lowest BCUT2D eigenvalue weighted by molar-refractivity contribution is -0.175.